The zero-order valence-electron chi connectivity index (χ0n) is 23.9. The Kier molecular flexibility index (Phi) is 6.90. The molecule has 0 aliphatic carbocycles. The van der Waals surface area contributed by atoms with Crippen molar-refractivity contribution in [3.05, 3.63) is 41.3 Å². The Morgan fingerprint density at radius 1 is 1.13 bits per heavy atom. The summed E-state index contributed by atoms with van der Waals surface area (Å²) in [6, 6.07) is 4.50. The van der Waals surface area contributed by atoms with Crippen LogP contribution in [-0.2, 0) is 4.79 Å². The van der Waals surface area contributed by atoms with Crippen LogP contribution in [0.15, 0.2) is 24.7 Å². The lowest BCUT2D eigenvalue weighted by atomic mass is 9.95. The van der Waals surface area contributed by atoms with Crippen LogP contribution in [0.3, 0.4) is 0 Å². The Morgan fingerprint density at radius 3 is 2.50 bits per heavy atom. The number of rotatable bonds is 6. The molecule has 1 N–H and O–H groups in total. The third-order valence-corrected chi connectivity index (χ3v) is 7.94. The first-order valence-electron chi connectivity index (χ1n) is 13.6. The Labute approximate surface area is 224 Å². The zero-order valence-corrected chi connectivity index (χ0v) is 23.9. The molecule has 2 atom stereocenters. The largest absolute Gasteiger partial charge is 0.353 e. The Balaban J connectivity index is 1.50. The van der Waals surface area contributed by atoms with Gasteiger partial charge in [0, 0.05) is 55.5 Å². The molecular formula is C29H40N8O. The van der Waals surface area contributed by atoms with Gasteiger partial charge in [-0.15, -0.1) is 0 Å². The molecule has 1 amide bonds. The van der Waals surface area contributed by atoms with Gasteiger partial charge in [0.2, 0.25) is 5.91 Å². The molecule has 0 saturated carbocycles. The van der Waals surface area contributed by atoms with Crippen LogP contribution in [0.1, 0.15) is 56.7 Å². The number of hydrogen-bond donors (Lipinski definition) is 1. The highest BCUT2D eigenvalue weighted by Crippen LogP contribution is 2.38. The summed E-state index contributed by atoms with van der Waals surface area (Å²) in [6.07, 6.45) is 4.22. The number of pyridine rings is 2. The van der Waals surface area contributed by atoms with Crippen molar-refractivity contribution in [2.24, 2.45) is 0 Å². The van der Waals surface area contributed by atoms with Crippen LogP contribution in [0.25, 0.3) is 27.9 Å². The number of aromatic nitrogens is 5. The number of amides is 1. The van der Waals surface area contributed by atoms with Crippen LogP contribution < -0.4 is 4.90 Å². The van der Waals surface area contributed by atoms with Crippen LogP contribution in [-0.4, -0.2) is 86.1 Å². The third-order valence-electron chi connectivity index (χ3n) is 7.94. The summed E-state index contributed by atoms with van der Waals surface area (Å²) in [4.78, 5) is 32.7. The molecular weight excluding hydrogens is 476 g/mol. The summed E-state index contributed by atoms with van der Waals surface area (Å²) < 4.78 is 1.86. The van der Waals surface area contributed by atoms with Crippen LogP contribution in [0.5, 0.6) is 0 Å². The first-order valence-corrected chi connectivity index (χ1v) is 13.6. The lowest BCUT2D eigenvalue weighted by Crippen LogP contribution is -2.59. The molecule has 9 nitrogen and oxygen atoms in total. The number of nitrogens with zero attached hydrogens (tertiary/aromatic N) is 7. The summed E-state index contributed by atoms with van der Waals surface area (Å²) in [5.74, 6) is 1.47. The second kappa shape index (κ2) is 10.0. The minimum Gasteiger partial charge on any atom is -0.353 e. The van der Waals surface area contributed by atoms with Gasteiger partial charge in [0.1, 0.15) is 12.1 Å². The molecule has 0 radical (unpaired) electrons. The van der Waals surface area contributed by atoms with Gasteiger partial charge in [0.25, 0.3) is 0 Å². The fourth-order valence-corrected chi connectivity index (χ4v) is 5.93. The number of aromatic amines is 1. The van der Waals surface area contributed by atoms with Crippen molar-refractivity contribution in [3.63, 3.8) is 0 Å². The van der Waals surface area contributed by atoms with Gasteiger partial charge < -0.3 is 19.7 Å². The number of anilines is 1. The number of carbonyl (C=O) groups is 1. The fourth-order valence-electron chi connectivity index (χ4n) is 5.93. The standard InChI is InChI=1S/C29H40N8O/c1-17(2)26-27(22-15-36-29(30-16-31-36)21(6)20(22)5)32-23-9-10-24(33-28(23)26)35-13-18(3)37(19(4)14-35)25(38)11-12-34(7)8/h9-10,15-19,32H,11-14H2,1-8H3/t18-,19-/m1/s1. The lowest BCUT2D eigenvalue weighted by Gasteiger charge is -2.45. The molecule has 1 fully saturated rings. The first-order chi connectivity index (χ1) is 18.1. The molecule has 1 aliphatic heterocycles. The van der Waals surface area contributed by atoms with Crippen LogP contribution >= 0.6 is 0 Å². The maximum atomic E-state index is 13.0. The van der Waals surface area contributed by atoms with Crippen LogP contribution in [0.4, 0.5) is 5.82 Å². The second-order valence-electron chi connectivity index (χ2n) is 11.4. The van der Waals surface area contributed by atoms with Gasteiger partial charge in [-0.25, -0.2) is 14.5 Å². The lowest BCUT2D eigenvalue weighted by molar-refractivity contribution is -0.136. The van der Waals surface area contributed by atoms with Gasteiger partial charge >= 0.3 is 0 Å². The average Bonchev–Trinajstić information content (AvgIpc) is 3.48. The van der Waals surface area contributed by atoms with E-state index >= 15 is 0 Å². The third kappa shape index (κ3) is 4.53. The van der Waals surface area contributed by atoms with E-state index in [1.54, 1.807) is 6.33 Å². The Bertz CT molecular complexity index is 1470. The van der Waals surface area contributed by atoms with E-state index in [2.05, 4.69) is 89.6 Å². The number of aryl methyl sites for hydroxylation is 1. The summed E-state index contributed by atoms with van der Waals surface area (Å²) in [6.45, 7) is 15.3. The van der Waals surface area contributed by atoms with Gasteiger partial charge in [-0.3, -0.25) is 4.79 Å². The van der Waals surface area contributed by atoms with Crippen molar-refractivity contribution in [2.45, 2.75) is 66.0 Å². The van der Waals surface area contributed by atoms with E-state index in [1.165, 1.54) is 11.1 Å². The zero-order chi connectivity index (χ0) is 27.3. The van der Waals surface area contributed by atoms with Crippen molar-refractivity contribution >= 4 is 28.4 Å². The monoisotopic (exact) mass is 516 g/mol. The van der Waals surface area contributed by atoms with Gasteiger partial charge in [-0.1, -0.05) is 13.8 Å². The quantitative estimate of drug-likeness (QED) is 0.409. The summed E-state index contributed by atoms with van der Waals surface area (Å²) in [5, 5.41) is 4.40. The van der Waals surface area contributed by atoms with Gasteiger partial charge in [-0.2, -0.15) is 5.10 Å². The van der Waals surface area contributed by atoms with Crippen LogP contribution in [0, 0.1) is 13.8 Å². The molecule has 38 heavy (non-hydrogen) atoms. The normalized spacial score (nSPS) is 18.5. The molecule has 1 saturated heterocycles. The molecule has 5 heterocycles. The molecule has 0 bridgehead atoms. The van der Waals surface area contributed by atoms with Gasteiger partial charge in [0.15, 0.2) is 5.65 Å². The SMILES string of the molecule is Cc1c(-c2[nH]c3ccc(N4C[C@@H](C)N(C(=O)CCN(C)C)[C@H](C)C4)nc3c2C(C)C)cn2ncnc2c1C. The molecule has 0 spiro atoms. The van der Waals surface area contributed by atoms with Crippen molar-refractivity contribution < 1.29 is 4.79 Å². The van der Waals surface area contributed by atoms with Gasteiger partial charge in [0.05, 0.1) is 16.7 Å². The van der Waals surface area contributed by atoms with Crippen molar-refractivity contribution in [3.8, 4) is 11.3 Å². The van der Waals surface area contributed by atoms with Crippen molar-refractivity contribution in [1.82, 2.24) is 34.4 Å². The number of H-pyrrole nitrogens is 1. The minimum absolute atomic E-state index is 0.122. The highest BCUT2D eigenvalue weighted by Gasteiger charge is 2.33. The molecule has 0 unspecified atom stereocenters. The first kappa shape index (κ1) is 26.2. The number of carbonyl (C=O) groups excluding carboxylic acids is 1. The van der Waals surface area contributed by atoms with Crippen molar-refractivity contribution in [2.75, 3.05) is 38.6 Å². The molecule has 1 aliphatic rings. The Hall–Kier alpha value is -3.46. The van der Waals surface area contributed by atoms with E-state index in [0.717, 1.165) is 59.0 Å². The van der Waals surface area contributed by atoms with E-state index < -0.39 is 0 Å². The topological polar surface area (TPSA) is 85.7 Å². The Morgan fingerprint density at radius 2 is 1.84 bits per heavy atom. The van der Waals surface area contributed by atoms with E-state index in [-0.39, 0.29) is 23.9 Å². The van der Waals surface area contributed by atoms with E-state index in [0.29, 0.717) is 6.42 Å². The second-order valence-corrected chi connectivity index (χ2v) is 11.4. The fraction of sp³-hybridized carbons (Fsp3) is 0.517. The predicted molar refractivity (Wildman–Crippen MR) is 153 cm³/mol. The average molecular weight is 517 g/mol. The summed E-state index contributed by atoms with van der Waals surface area (Å²) >= 11 is 0. The number of hydrogen-bond acceptors (Lipinski definition) is 6. The smallest absolute Gasteiger partial charge is 0.224 e. The van der Waals surface area contributed by atoms with E-state index in [9.17, 15) is 4.79 Å². The number of nitrogens with one attached hydrogen (secondary N) is 1. The molecule has 5 rings (SSSR count). The van der Waals surface area contributed by atoms with E-state index in [1.807, 2.05) is 18.6 Å². The van der Waals surface area contributed by atoms with Crippen molar-refractivity contribution in [1.29, 1.82) is 0 Å². The summed E-state index contributed by atoms with van der Waals surface area (Å²) in [7, 11) is 4.01. The highest BCUT2D eigenvalue weighted by atomic mass is 16.2. The number of fused-ring (bicyclic) bond motifs is 2. The summed E-state index contributed by atoms with van der Waals surface area (Å²) in [5.41, 5.74) is 8.67. The minimum atomic E-state index is 0.122. The maximum Gasteiger partial charge on any atom is 0.224 e. The molecule has 202 valence electrons. The molecule has 0 aromatic carbocycles. The van der Waals surface area contributed by atoms with E-state index in [4.69, 9.17) is 4.98 Å². The predicted octanol–water partition coefficient (Wildman–Crippen LogP) is 4.39. The van der Waals surface area contributed by atoms with Gasteiger partial charge in [-0.05, 0) is 71.0 Å². The molecule has 4 aromatic rings. The number of piperazine rings is 1. The maximum absolute atomic E-state index is 13.0. The van der Waals surface area contributed by atoms with Crippen LogP contribution in [0.2, 0.25) is 0 Å². The molecule has 9 heteroatoms. The molecule has 4 aromatic heterocycles. The highest BCUT2D eigenvalue weighted by molar-refractivity contribution is 5.90.